The SMILES string of the molecule is CCNC(=NCc1nccn1C(F)F)NCCCOCC. The lowest BCUT2D eigenvalue weighted by Gasteiger charge is -2.11. The standard InChI is InChI=1S/C13H23F2N5O/c1-3-16-13(18-6-5-9-21-4-2)19-10-11-17-7-8-20(11)12(14)15/h7-8,12H,3-6,9-10H2,1-2H3,(H2,16,18,19). The number of alkyl halides is 2. The van der Waals surface area contributed by atoms with E-state index in [-0.39, 0.29) is 12.4 Å². The summed E-state index contributed by atoms with van der Waals surface area (Å²) in [7, 11) is 0. The Hall–Kier alpha value is -1.70. The van der Waals surface area contributed by atoms with Crippen LogP contribution in [0, 0.1) is 0 Å². The minimum Gasteiger partial charge on any atom is -0.382 e. The van der Waals surface area contributed by atoms with Crippen LogP contribution in [0.1, 0.15) is 32.6 Å². The van der Waals surface area contributed by atoms with Crippen LogP contribution in [0.4, 0.5) is 8.78 Å². The summed E-state index contributed by atoms with van der Waals surface area (Å²) >= 11 is 0. The number of guanidine groups is 1. The number of nitrogens with zero attached hydrogens (tertiary/aromatic N) is 3. The maximum Gasteiger partial charge on any atom is 0.319 e. The molecule has 0 aliphatic rings. The van der Waals surface area contributed by atoms with Gasteiger partial charge in [-0.05, 0) is 20.3 Å². The third-order valence-corrected chi connectivity index (χ3v) is 2.64. The number of hydrogen-bond donors (Lipinski definition) is 2. The van der Waals surface area contributed by atoms with Crippen molar-refractivity contribution in [2.24, 2.45) is 4.99 Å². The zero-order valence-corrected chi connectivity index (χ0v) is 12.5. The van der Waals surface area contributed by atoms with Gasteiger partial charge in [0.1, 0.15) is 12.4 Å². The first-order valence-electron chi connectivity index (χ1n) is 7.08. The van der Waals surface area contributed by atoms with Crippen molar-refractivity contribution in [3.63, 3.8) is 0 Å². The molecule has 1 aromatic heterocycles. The molecule has 0 aliphatic carbocycles. The first-order chi connectivity index (χ1) is 10.2. The summed E-state index contributed by atoms with van der Waals surface area (Å²) in [6.45, 7) is 4.16. The Labute approximate surface area is 123 Å². The maximum atomic E-state index is 12.7. The summed E-state index contributed by atoms with van der Waals surface area (Å²) in [6, 6.07) is 0. The minimum atomic E-state index is -2.60. The molecule has 21 heavy (non-hydrogen) atoms. The van der Waals surface area contributed by atoms with E-state index in [0.29, 0.717) is 32.3 Å². The molecular weight excluding hydrogens is 280 g/mol. The van der Waals surface area contributed by atoms with Gasteiger partial charge in [-0.3, -0.25) is 4.57 Å². The molecule has 0 bridgehead atoms. The summed E-state index contributed by atoms with van der Waals surface area (Å²) in [5.74, 6) is 0.814. The molecule has 0 amide bonds. The second kappa shape index (κ2) is 10.1. The van der Waals surface area contributed by atoms with Gasteiger partial charge in [0.05, 0.1) is 0 Å². The number of nitrogens with one attached hydrogen (secondary N) is 2. The fraction of sp³-hybridized carbons (Fsp3) is 0.692. The highest BCUT2D eigenvalue weighted by atomic mass is 19.3. The lowest BCUT2D eigenvalue weighted by Crippen LogP contribution is -2.38. The van der Waals surface area contributed by atoms with Gasteiger partial charge in [0, 0.05) is 38.7 Å². The van der Waals surface area contributed by atoms with E-state index >= 15 is 0 Å². The molecule has 1 rings (SSSR count). The van der Waals surface area contributed by atoms with Gasteiger partial charge < -0.3 is 15.4 Å². The summed E-state index contributed by atoms with van der Waals surface area (Å²) in [6.07, 6.45) is 3.45. The number of hydrogen-bond acceptors (Lipinski definition) is 3. The minimum absolute atomic E-state index is 0.0954. The summed E-state index contributed by atoms with van der Waals surface area (Å²) < 4.78 is 31.4. The van der Waals surface area contributed by atoms with Crippen LogP contribution < -0.4 is 10.6 Å². The Morgan fingerprint density at radius 2 is 2.24 bits per heavy atom. The van der Waals surface area contributed by atoms with Crippen molar-refractivity contribution in [1.82, 2.24) is 20.2 Å². The normalized spacial score (nSPS) is 12.0. The second-order valence-corrected chi connectivity index (χ2v) is 4.20. The molecule has 2 N–H and O–H groups in total. The van der Waals surface area contributed by atoms with E-state index in [1.54, 1.807) is 0 Å². The molecule has 0 aromatic carbocycles. The molecule has 0 saturated heterocycles. The first kappa shape index (κ1) is 17.4. The molecule has 0 fully saturated rings. The molecule has 0 spiro atoms. The fourth-order valence-electron chi connectivity index (χ4n) is 1.66. The molecule has 120 valence electrons. The predicted octanol–water partition coefficient (Wildman–Crippen LogP) is 1.76. The van der Waals surface area contributed by atoms with Crippen LogP contribution in [0.15, 0.2) is 17.4 Å². The molecule has 0 aliphatic heterocycles. The number of aromatic nitrogens is 2. The van der Waals surface area contributed by atoms with Gasteiger partial charge in [0.25, 0.3) is 0 Å². The number of halogens is 2. The Kier molecular flexibility index (Phi) is 8.34. The highest BCUT2D eigenvalue weighted by Crippen LogP contribution is 2.12. The van der Waals surface area contributed by atoms with E-state index in [4.69, 9.17) is 4.74 Å². The molecule has 6 nitrogen and oxygen atoms in total. The van der Waals surface area contributed by atoms with Crippen LogP contribution in [0.3, 0.4) is 0 Å². The molecular formula is C13H23F2N5O. The second-order valence-electron chi connectivity index (χ2n) is 4.20. The average Bonchev–Trinajstić information content (AvgIpc) is 2.93. The van der Waals surface area contributed by atoms with Crippen LogP contribution in [-0.2, 0) is 11.3 Å². The van der Waals surface area contributed by atoms with E-state index in [1.165, 1.54) is 12.4 Å². The van der Waals surface area contributed by atoms with E-state index in [0.717, 1.165) is 11.0 Å². The highest BCUT2D eigenvalue weighted by Gasteiger charge is 2.10. The van der Waals surface area contributed by atoms with Crippen LogP contribution in [0.25, 0.3) is 0 Å². The van der Waals surface area contributed by atoms with Crippen LogP contribution in [0.5, 0.6) is 0 Å². The quantitative estimate of drug-likeness (QED) is 0.414. The lowest BCUT2D eigenvalue weighted by atomic mass is 10.4. The summed E-state index contributed by atoms with van der Waals surface area (Å²) in [5, 5.41) is 6.18. The number of aliphatic imine (C=N–C) groups is 1. The van der Waals surface area contributed by atoms with Crippen molar-refractivity contribution in [1.29, 1.82) is 0 Å². The largest absolute Gasteiger partial charge is 0.382 e. The fourth-order valence-corrected chi connectivity index (χ4v) is 1.66. The smallest absolute Gasteiger partial charge is 0.319 e. The van der Waals surface area contributed by atoms with Crippen molar-refractivity contribution >= 4 is 5.96 Å². The topological polar surface area (TPSA) is 63.5 Å². The summed E-state index contributed by atoms with van der Waals surface area (Å²) in [4.78, 5) is 8.14. The van der Waals surface area contributed by atoms with Crippen molar-refractivity contribution in [2.45, 2.75) is 33.4 Å². The van der Waals surface area contributed by atoms with Gasteiger partial charge >= 0.3 is 6.55 Å². The number of imidazole rings is 1. The van der Waals surface area contributed by atoms with Gasteiger partial charge in [0.2, 0.25) is 0 Å². The zero-order valence-electron chi connectivity index (χ0n) is 12.5. The Morgan fingerprint density at radius 3 is 2.90 bits per heavy atom. The zero-order chi connectivity index (χ0) is 15.5. The average molecular weight is 303 g/mol. The van der Waals surface area contributed by atoms with Gasteiger partial charge in [-0.2, -0.15) is 8.78 Å². The third kappa shape index (κ3) is 6.52. The molecule has 1 heterocycles. The Bertz CT molecular complexity index is 422. The molecule has 1 aromatic rings. The molecule has 8 heteroatoms. The van der Waals surface area contributed by atoms with Gasteiger partial charge in [-0.1, -0.05) is 0 Å². The summed E-state index contributed by atoms with van der Waals surface area (Å²) in [5.41, 5.74) is 0. The monoisotopic (exact) mass is 303 g/mol. The maximum absolute atomic E-state index is 12.7. The van der Waals surface area contributed by atoms with Crippen molar-refractivity contribution in [2.75, 3.05) is 26.3 Å². The lowest BCUT2D eigenvalue weighted by molar-refractivity contribution is 0.0671. The van der Waals surface area contributed by atoms with E-state index in [9.17, 15) is 8.78 Å². The van der Waals surface area contributed by atoms with Crippen molar-refractivity contribution in [3.8, 4) is 0 Å². The van der Waals surface area contributed by atoms with Gasteiger partial charge in [-0.15, -0.1) is 0 Å². The van der Waals surface area contributed by atoms with E-state index in [1.807, 2.05) is 13.8 Å². The number of rotatable bonds is 9. The van der Waals surface area contributed by atoms with Crippen LogP contribution >= 0.6 is 0 Å². The van der Waals surface area contributed by atoms with E-state index in [2.05, 4.69) is 20.6 Å². The van der Waals surface area contributed by atoms with Crippen molar-refractivity contribution < 1.29 is 13.5 Å². The van der Waals surface area contributed by atoms with Gasteiger partial charge in [-0.25, -0.2) is 9.98 Å². The van der Waals surface area contributed by atoms with Crippen molar-refractivity contribution in [3.05, 3.63) is 18.2 Å². The highest BCUT2D eigenvalue weighted by molar-refractivity contribution is 5.79. The molecule has 0 unspecified atom stereocenters. The molecule has 0 atom stereocenters. The van der Waals surface area contributed by atoms with E-state index < -0.39 is 6.55 Å². The molecule has 0 saturated carbocycles. The molecule has 0 radical (unpaired) electrons. The third-order valence-electron chi connectivity index (χ3n) is 2.64. The van der Waals surface area contributed by atoms with Crippen LogP contribution in [-0.4, -0.2) is 41.8 Å². The number of ether oxygens (including phenoxy) is 1. The first-order valence-corrected chi connectivity index (χ1v) is 7.08. The Morgan fingerprint density at radius 1 is 1.43 bits per heavy atom. The Balaban J connectivity index is 2.48. The van der Waals surface area contributed by atoms with Crippen LogP contribution in [0.2, 0.25) is 0 Å². The predicted molar refractivity (Wildman–Crippen MR) is 77.4 cm³/mol. The van der Waals surface area contributed by atoms with Gasteiger partial charge in [0.15, 0.2) is 5.96 Å².